The van der Waals surface area contributed by atoms with Crippen molar-refractivity contribution in [1.82, 2.24) is 19.8 Å². The van der Waals surface area contributed by atoms with Crippen LogP contribution in [0.15, 0.2) is 36.7 Å². The van der Waals surface area contributed by atoms with E-state index in [9.17, 15) is 9.90 Å². The van der Waals surface area contributed by atoms with Gasteiger partial charge < -0.3 is 16.2 Å². The molecule has 1 aromatic carbocycles. The molecule has 8 heteroatoms. The summed E-state index contributed by atoms with van der Waals surface area (Å²) in [6.45, 7) is 5.79. The molecule has 1 fully saturated rings. The lowest BCUT2D eigenvalue weighted by Crippen LogP contribution is -2.55. The molecule has 0 bridgehead atoms. The van der Waals surface area contributed by atoms with Crippen LogP contribution in [0.4, 0.5) is 5.82 Å². The third-order valence-corrected chi connectivity index (χ3v) is 6.09. The molecule has 1 atom stereocenters. The second-order valence-corrected chi connectivity index (χ2v) is 8.55. The monoisotopic (exact) mass is 424 g/mol. The third-order valence-electron chi connectivity index (χ3n) is 6.09. The molecule has 1 saturated heterocycles. The van der Waals surface area contributed by atoms with Gasteiger partial charge in [-0.1, -0.05) is 24.3 Å². The molecule has 166 valence electrons. The number of Topliss-reactive ketones (excluding diaryl/α,β-unsaturated/α-hetero) is 1. The van der Waals surface area contributed by atoms with Gasteiger partial charge in [-0.3, -0.25) is 14.6 Å². The highest BCUT2D eigenvalue weighted by molar-refractivity contribution is 5.94. The highest BCUT2D eigenvalue weighted by Gasteiger charge is 2.26. The first-order chi connectivity index (χ1) is 15.1. The molecular formula is C23H32N6O2. The van der Waals surface area contributed by atoms with Crippen molar-refractivity contribution in [2.24, 2.45) is 5.73 Å². The van der Waals surface area contributed by atoms with Gasteiger partial charge in [0, 0.05) is 58.3 Å². The maximum absolute atomic E-state index is 12.6. The summed E-state index contributed by atoms with van der Waals surface area (Å²) in [7, 11) is 0. The van der Waals surface area contributed by atoms with Crippen LogP contribution in [0.1, 0.15) is 34.5 Å². The van der Waals surface area contributed by atoms with E-state index in [0.29, 0.717) is 37.1 Å². The van der Waals surface area contributed by atoms with Crippen molar-refractivity contribution in [1.29, 1.82) is 0 Å². The number of aromatic nitrogens is 2. The van der Waals surface area contributed by atoms with Crippen LogP contribution in [0.25, 0.3) is 0 Å². The number of benzene rings is 1. The van der Waals surface area contributed by atoms with Gasteiger partial charge in [-0.05, 0) is 24.0 Å². The van der Waals surface area contributed by atoms with Crippen molar-refractivity contribution in [3.05, 3.63) is 53.5 Å². The van der Waals surface area contributed by atoms with Gasteiger partial charge in [0.25, 0.3) is 0 Å². The number of carbonyl (C=O) groups excluding carboxylic acids is 1. The zero-order valence-electron chi connectivity index (χ0n) is 17.9. The van der Waals surface area contributed by atoms with E-state index in [-0.39, 0.29) is 12.2 Å². The fourth-order valence-corrected chi connectivity index (χ4v) is 4.35. The van der Waals surface area contributed by atoms with E-state index in [2.05, 4.69) is 49.4 Å². The Morgan fingerprint density at radius 2 is 2.03 bits per heavy atom. The highest BCUT2D eigenvalue weighted by atomic mass is 16.3. The standard InChI is InChI=1S/C23H32N6O2/c24-8-10-29-13-19(14-29)27-23-11-21(25-16-26-23)22(31)6-5-20(30)15-28-9-7-17-3-1-2-4-18(17)12-28/h1-4,11,16,19-20,30H,5-10,12-15,24H2,(H,25,26,27)/t20-/m0/s1. The minimum absolute atomic E-state index is 0.0631. The number of fused-ring (bicyclic) bond motifs is 1. The number of hydrogen-bond donors (Lipinski definition) is 3. The molecular weight excluding hydrogens is 392 g/mol. The van der Waals surface area contributed by atoms with Gasteiger partial charge in [0.15, 0.2) is 5.78 Å². The lowest BCUT2D eigenvalue weighted by Gasteiger charge is -2.39. The van der Waals surface area contributed by atoms with Gasteiger partial charge in [0.1, 0.15) is 17.8 Å². The molecule has 2 aliphatic rings. The van der Waals surface area contributed by atoms with Gasteiger partial charge in [0.2, 0.25) is 0 Å². The van der Waals surface area contributed by atoms with Crippen molar-refractivity contribution in [3.63, 3.8) is 0 Å². The van der Waals surface area contributed by atoms with Gasteiger partial charge in [-0.15, -0.1) is 0 Å². The first kappa shape index (κ1) is 21.8. The first-order valence-corrected chi connectivity index (χ1v) is 11.1. The topological polar surface area (TPSA) is 108 Å². The van der Waals surface area contributed by atoms with Gasteiger partial charge >= 0.3 is 0 Å². The number of hydrogen-bond acceptors (Lipinski definition) is 8. The Labute approximate surface area is 183 Å². The molecule has 2 aromatic rings. The summed E-state index contributed by atoms with van der Waals surface area (Å²) in [4.78, 5) is 25.5. The number of nitrogens with two attached hydrogens (primary N) is 1. The van der Waals surface area contributed by atoms with Crippen LogP contribution >= 0.6 is 0 Å². The molecule has 0 aliphatic carbocycles. The summed E-state index contributed by atoms with van der Waals surface area (Å²) >= 11 is 0. The normalized spacial score (nSPS) is 18.3. The zero-order valence-corrected chi connectivity index (χ0v) is 17.9. The molecule has 0 amide bonds. The zero-order chi connectivity index (χ0) is 21.6. The quantitative estimate of drug-likeness (QED) is 0.483. The molecule has 8 nitrogen and oxygen atoms in total. The summed E-state index contributed by atoms with van der Waals surface area (Å²) in [6.07, 6.45) is 2.60. The Morgan fingerprint density at radius 1 is 1.23 bits per heavy atom. The molecule has 0 unspecified atom stereocenters. The minimum Gasteiger partial charge on any atom is -0.392 e. The molecule has 4 rings (SSSR count). The number of nitrogens with zero attached hydrogens (tertiary/aromatic N) is 4. The summed E-state index contributed by atoms with van der Waals surface area (Å²) in [5.74, 6) is 0.607. The minimum atomic E-state index is -0.530. The summed E-state index contributed by atoms with van der Waals surface area (Å²) in [5.41, 5.74) is 8.69. The summed E-state index contributed by atoms with van der Waals surface area (Å²) in [5, 5.41) is 13.8. The van der Waals surface area contributed by atoms with E-state index < -0.39 is 6.10 Å². The fourth-order valence-electron chi connectivity index (χ4n) is 4.35. The second-order valence-electron chi connectivity index (χ2n) is 8.55. The molecule has 0 spiro atoms. The molecule has 4 N–H and O–H groups in total. The SMILES string of the molecule is NCCN1CC(Nc2cc(C(=O)CC[C@H](O)CN3CCc4ccccc4C3)ncn2)C1. The van der Waals surface area contributed by atoms with Crippen LogP contribution in [0.5, 0.6) is 0 Å². The average molecular weight is 425 g/mol. The molecule has 0 radical (unpaired) electrons. The number of β-amino-alcohol motifs (C(OH)–C–C–N with tert-alkyl or cyclic N) is 1. The second kappa shape index (κ2) is 10.3. The summed E-state index contributed by atoms with van der Waals surface area (Å²) < 4.78 is 0. The number of aliphatic hydroxyl groups excluding tert-OH is 1. The van der Waals surface area contributed by atoms with Crippen LogP contribution in [0, 0.1) is 0 Å². The van der Waals surface area contributed by atoms with Crippen molar-refractivity contribution >= 4 is 11.6 Å². The van der Waals surface area contributed by atoms with E-state index in [1.54, 1.807) is 6.07 Å². The number of anilines is 1. The molecule has 2 aliphatic heterocycles. The van der Waals surface area contributed by atoms with E-state index in [1.165, 1.54) is 17.5 Å². The lowest BCUT2D eigenvalue weighted by atomic mass is 9.99. The summed E-state index contributed by atoms with van der Waals surface area (Å²) in [6, 6.07) is 10.5. The van der Waals surface area contributed by atoms with Gasteiger partial charge in [0.05, 0.1) is 12.1 Å². The number of rotatable bonds is 10. The van der Waals surface area contributed by atoms with Crippen molar-refractivity contribution in [2.75, 3.05) is 44.6 Å². The smallest absolute Gasteiger partial charge is 0.181 e. The molecule has 0 saturated carbocycles. The van der Waals surface area contributed by atoms with Crippen LogP contribution in [0.2, 0.25) is 0 Å². The van der Waals surface area contributed by atoms with E-state index in [4.69, 9.17) is 5.73 Å². The Morgan fingerprint density at radius 3 is 2.84 bits per heavy atom. The molecule has 1 aromatic heterocycles. The fraction of sp³-hybridized carbons (Fsp3) is 0.522. The predicted molar refractivity (Wildman–Crippen MR) is 120 cm³/mol. The Hall–Kier alpha value is -2.39. The first-order valence-electron chi connectivity index (χ1n) is 11.1. The van der Waals surface area contributed by atoms with Crippen LogP contribution in [-0.2, 0) is 13.0 Å². The maximum Gasteiger partial charge on any atom is 0.181 e. The van der Waals surface area contributed by atoms with Crippen molar-refractivity contribution in [3.8, 4) is 0 Å². The number of aliphatic hydroxyl groups is 1. The van der Waals surface area contributed by atoms with E-state index in [1.807, 2.05) is 0 Å². The van der Waals surface area contributed by atoms with Crippen LogP contribution < -0.4 is 11.1 Å². The number of likely N-dealkylation sites (tertiary alicyclic amines) is 1. The van der Waals surface area contributed by atoms with E-state index >= 15 is 0 Å². The lowest BCUT2D eigenvalue weighted by molar-refractivity contribution is 0.0833. The van der Waals surface area contributed by atoms with Crippen LogP contribution in [0.3, 0.4) is 0 Å². The van der Waals surface area contributed by atoms with Crippen molar-refractivity contribution < 1.29 is 9.90 Å². The highest BCUT2D eigenvalue weighted by Crippen LogP contribution is 2.19. The average Bonchev–Trinajstić information content (AvgIpc) is 2.76. The molecule has 3 heterocycles. The Balaban J connectivity index is 1.22. The number of nitrogens with one attached hydrogen (secondary N) is 1. The van der Waals surface area contributed by atoms with Gasteiger partial charge in [-0.2, -0.15) is 0 Å². The Bertz CT molecular complexity index is 886. The largest absolute Gasteiger partial charge is 0.392 e. The molecule has 31 heavy (non-hydrogen) atoms. The Kier molecular flexibility index (Phi) is 7.24. The third kappa shape index (κ3) is 5.86. The van der Waals surface area contributed by atoms with Crippen LogP contribution in [-0.4, -0.2) is 82.1 Å². The number of carbonyl (C=O) groups is 1. The van der Waals surface area contributed by atoms with Gasteiger partial charge in [-0.25, -0.2) is 9.97 Å². The van der Waals surface area contributed by atoms with E-state index in [0.717, 1.165) is 39.1 Å². The number of ketones is 1. The maximum atomic E-state index is 12.6. The van der Waals surface area contributed by atoms with Crippen molar-refractivity contribution in [2.45, 2.75) is 38.0 Å². The predicted octanol–water partition coefficient (Wildman–Crippen LogP) is 0.914.